The predicted octanol–water partition coefficient (Wildman–Crippen LogP) is 2.42. The highest BCUT2D eigenvalue weighted by atomic mass is 15.3. The van der Waals surface area contributed by atoms with E-state index in [-0.39, 0.29) is 0 Å². The first-order valence-corrected chi connectivity index (χ1v) is 7.67. The topological polar surface area (TPSA) is 33.1 Å². The lowest BCUT2D eigenvalue weighted by Crippen LogP contribution is -2.27. The van der Waals surface area contributed by atoms with Crippen LogP contribution in [0, 0.1) is 6.92 Å². The second-order valence-electron chi connectivity index (χ2n) is 5.06. The minimum absolute atomic E-state index is 0.938. The van der Waals surface area contributed by atoms with E-state index in [0.29, 0.717) is 0 Å². The fraction of sp³-hybridized carbons (Fsp3) is 0.800. The lowest BCUT2D eigenvalue weighted by molar-refractivity contribution is 0.298. The molecule has 0 atom stereocenters. The van der Waals surface area contributed by atoms with Crippen LogP contribution in [-0.2, 0) is 13.1 Å². The molecule has 4 heteroatoms. The van der Waals surface area contributed by atoms with E-state index in [2.05, 4.69) is 53.9 Å². The van der Waals surface area contributed by atoms with Crippen molar-refractivity contribution in [3.8, 4) is 0 Å². The third-order valence-corrected chi connectivity index (χ3v) is 3.54. The number of hydrogen-bond donors (Lipinski definition) is 1. The first kappa shape index (κ1) is 16.2. The summed E-state index contributed by atoms with van der Waals surface area (Å²) in [6.45, 7) is 15.3. The van der Waals surface area contributed by atoms with Crippen LogP contribution in [0.25, 0.3) is 0 Å². The van der Waals surface area contributed by atoms with Gasteiger partial charge in [0.2, 0.25) is 0 Å². The van der Waals surface area contributed by atoms with E-state index in [0.717, 1.165) is 44.8 Å². The highest BCUT2D eigenvalue weighted by molar-refractivity contribution is 5.14. The maximum Gasteiger partial charge on any atom is 0.0638 e. The molecule has 0 saturated heterocycles. The molecule has 1 N–H and O–H groups in total. The Labute approximate surface area is 118 Å². The summed E-state index contributed by atoms with van der Waals surface area (Å²) in [5.41, 5.74) is 2.49. The van der Waals surface area contributed by atoms with Crippen molar-refractivity contribution in [1.29, 1.82) is 0 Å². The lowest BCUT2D eigenvalue weighted by Gasteiger charge is -2.17. The molecule has 0 unspecified atom stereocenters. The number of aromatic nitrogens is 2. The van der Waals surface area contributed by atoms with Crippen LogP contribution in [-0.4, -0.2) is 40.9 Å². The molecular formula is C15H30N4. The summed E-state index contributed by atoms with van der Waals surface area (Å²) in [6.07, 6.45) is 4.53. The first-order chi connectivity index (χ1) is 9.21. The lowest BCUT2D eigenvalue weighted by atomic mass is 10.2. The largest absolute Gasteiger partial charge is 0.312 e. The van der Waals surface area contributed by atoms with Crippen molar-refractivity contribution in [2.75, 3.05) is 26.2 Å². The van der Waals surface area contributed by atoms with Crippen molar-refractivity contribution in [1.82, 2.24) is 20.0 Å². The highest BCUT2D eigenvalue weighted by Crippen LogP contribution is 2.05. The van der Waals surface area contributed by atoms with Gasteiger partial charge in [0.25, 0.3) is 0 Å². The van der Waals surface area contributed by atoms with E-state index in [1.165, 1.54) is 18.5 Å². The third-order valence-electron chi connectivity index (χ3n) is 3.54. The molecule has 0 aliphatic heterocycles. The van der Waals surface area contributed by atoms with Crippen molar-refractivity contribution >= 4 is 0 Å². The molecule has 1 rings (SSSR count). The molecule has 0 amide bonds. The summed E-state index contributed by atoms with van der Waals surface area (Å²) < 4.78 is 2.06. The molecule has 0 fully saturated rings. The van der Waals surface area contributed by atoms with Crippen molar-refractivity contribution in [2.45, 2.75) is 53.6 Å². The molecule has 110 valence electrons. The minimum atomic E-state index is 0.938. The van der Waals surface area contributed by atoms with Crippen LogP contribution in [0.2, 0.25) is 0 Å². The summed E-state index contributed by atoms with van der Waals surface area (Å²) in [5, 5.41) is 8.04. The molecule has 0 spiro atoms. The molecule has 1 aromatic heterocycles. The van der Waals surface area contributed by atoms with Crippen LogP contribution >= 0.6 is 0 Å². The van der Waals surface area contributed by atoms with Crippen molar-refractivity contribution in [3.63, 3.8) is 0 Å². The van der Waals surface area contributed by atoms with Gasteiger partial charge in [-0.15, -0.1) is 0 Å². The summed E-state index contributed by atoms with van der Waals surface area (Å²) in [5.74, 6) is 0. The van der Waals surface area contributed by atoms with Crippen molar-refractivity contribution < 1.29 is 0 Å². The Bertz CT molecular complexity index is 342. The van der Waals surface area contributed by atoms with E-state index in [4.69, 9.17) is 0 Å². The molecule has 0 aromatic carbocycles. The van der Waals surface area contributed by atoms with Crippen molar-refractivity contribution in [2.24, 2.45) is 0 Å². The maximum atomic E-state index is 4.52. The van der Waals surface area contributed by atoms with Gasteiger partial charge in [0.1, 0.15) is 0 Å². The van der Waals surface area contributed by atoms with Gasteiger partial charge in [0, 0.05) is 24.8 Å². The molecule has 0 aliphatic carbocycles. The number of nitrogens with zero attached hydrogens (tertiary/aromatic N) is 3. The average molecular weight is 266 g/mol. The number of hydrogen-bond acceptors (Lipinski definition) is 3. The molecule has 19 heavy (non-hydrogen) atoms. The molecule has 1 heterocycles. The molecule has 0 aliphatic rings. The Kier molecular flexibility index (Phi) is 7.75. The highest BCUT2D eigenvalue weighted by Gasteiger charge is 2.04. The van der Waals surface area contributed by atoms with Crippen LogP contribution in [0.4, 0.5) is 0 Å². The van der Waals surface area contributed by atoms with Crippen LogP contribution < -0.4 is 5.32 Å². The summed E-state index contributed by atoms with van der Waals surface area (Å²) in [7, 11) is 0. The Balaban J connectivity index is 2.22. The molecular weight excluding hydrogens is 236 g/mol. The Morgan fingerprint density at radius 1 is 1.26 bits per heavy atom. The average Bonchev–Trinajstić information content (AvgIpc) is 2.75. The van der Waals surface area contributed by atoms with Gasteiger partial charge in [-0.25, -0.2) is 0 Å². The summed E-state index contributed by atoms with van der Waals surface area (Å²) >= 11 is 0. The first-order valence-electron chi connectivity index (χ1n) is 7.67. The molecule has 0 bridgehead atoms. The summed E-state index contributed by atoms with van der Waals surface area (Å²) in [6, 6.07) is 0. The van der Waals surface area contributed by atoms with Gasteiger partial charge in [-0.05, 0) is 45.9 Å². The number of aryl methyl sites for hydroxylation is 2. The zero-order chi connectivity index (χ0) is 14.1. The van der Waals surface area contributed by atoms with E-state index >= 15 is 0 Å². The monoisotopic (exact) mass is 266 g/mol. The fourth-order valence-corrected chi connectivity index (χ4v) is 2.27. The van der Waals surface area contributed by atoms with Crippen LogP contribution in [0.15, 0.2) is 6.20 Å². The zero-order valence-corrected chi connectivity index (χ0v) is 13.1. The van der Waals surface area contributed by atoms with Gasteiger partial charge >= 0.3 is 0 Å². The summed E-state index contributed by atoms with van der Waals surface area (Å²) in [4.78, 5) is 2.46. The maximum absolute atomic E-state index is 4.52. The van der Waals surface area contributed by atoms with Crippen LogP contribution in [0.3, 0.4) is 0 Å². The molecule has 0 saturated carbocycles. The Morgan fingerprint density at radius 2 is 2.00 bits per heavy atom. The minimum Gasteiger partial charge on any atom is -0.312 e. The Morgan fingerprint density at radius 3 is 2.63 bits per heavy atom. The van der Waals surface area contributed by atoms with Gasteiger partial charge < -0.3 is 10.2 Å². The molecule has 0 radical (unpaired) electrons. The second-order valence-corrected chi connectivity index (χ2v) is 5.06. The van der Waals surface area contributed by atoms with Gasteiger partial charge in [-0.1, -0.05) is 20.8 Å². The van der Waals surface area contributed by atoms with Gasteiger partial charge in [0.05, 0.1) is 5.69 Å². The van der Waals surface area contributed by atoms with E-state index in [1.807, 2.05) is 0 Å². The quantitative estimate of drug-likeness (QED) is 0.660. The molecule has 1 aromatic rings. The number of rotatable bonds is 10. The fourth-order valence-electron chi connectivity index (χ4n) is 2.27. The third kappa shape index (κ3) is 5.74. The van der Waals surface area contributed by atoms with E-state index in [1.54, 1.807) is 0 Å². The second kappa shape index (κ2) is 9.10. The SMILES string of the molecule is CCCn1cc(CNCCCN(CC)CC)c(C)n1. The number of nitrogens with one attached hydrogen (secondary N) is 1. The van der Waals surface area contributed by atoms with Crippen LogP contribution in [0.5, 0.6) is 0 Å². The smallest absolute Gasteiger partial charge is 0.0638 e. The normalized spacial score (nSPS) is 11.4. The van der Waals surface area contributed by atoms with E-state index < -0.39 is 0 Å². The van der Waals surface area contributed by atoms with E-state index in [9.17, 15) is 0 Å². The van der Waals surface area contributed by atoms with Crippen LogP contribution in [0.1, 0.15) is 44.9 Å². The van der Waals surface area contributed by atoms with Crippen molar-refractivity contribution in [3.05, 3.63) is 17.5 Å². The van der Waals surface area contributed by atoms with Gasteiger partial charge in [-0.2, -0.15) is 5.10 Å². The molecule has 4 nitrogen and oxygen atoms in total. The standard InChI is InChI=1S/C15H30N4/c1-5-10-19-13-15(14(4)17-19)12-16-9-8-11-18(6-2)7-3/h13,16H,5-12H2,1-4H3. The van der Waals surface area contributed by atoms with Gasteiger partial charge in [-0.3, -0.25) is 4.68 Å². The Hall–Kier alpha value is -0.870. The van der Waals surface area contributed by atoms with Gasteiger partial charge in [0.15, 0.2) is 0 Å². The zero-order valence-electron chi connectivity index (χ0n) is 13.1. The predicted molar refractivity (Wildman–Crippen MR) is 81.4 cm³/mol.